The van der Waals surface area contributed by atoms with Crippen LogP contribution in [0.5, 0.6) is 5.75 Å². The van der Waals surface area contributed by atoms with Crippen LogP contribution >= 0.6 is 12.0 Å². The first kappa shape index (κ1) is 19.0. The largest absolute Gasteiger partial charge is 0.486 e. The van der Waals surface area contributed by atoms with Crippen molar-refractivity contribution >= 4 is 24.0 Å². The fourth-order valence-electron chi connectivity index (χ4n) is 2.14. The highest BCUT2D eigenvalue weighted by atomic mass is 32.2. The number of nitrogens with zero attached hydrogens (tertiary/aromatic N) is 1. The Morgan fingerprint density at radius 1 is 1.12 bits per heavy atom. The van der Waals surface area contributed by atoms with Gasteiger partial charge in [-0.15, -0.1) is 0 Å². The molecule has 0 aliphatic carbocycles. The molecule has 0 aliphatic heterocycles. The van der Waals surface area contributed by atoms with E-state index in [1.807, 2.05) is 38.1 Å². The number of nitro groups is 1. The fourth-order valence-corrected chi connectivity index (χ4v) is 2.77. The average molecular weight is 361 g/mol. The zero-order valence-electron chi connectivity index (χ0n) is 14.0. The van der Waals surface area contributed by atoms with E-state index < -0.39 is 10.5 Å². The molecule has 0 atom stereocenters. The molecule has 2 aromatic carbocycles. The summed E-state index contributed by atoms with van der Waals surface area (Å²) in [4.78, 5) is 21.3. The van der Waals surface area contributed by atoms with Gasteiger partial charge in [-0.1, -0.05) is 12.1 Å². The van der Waals surface area contributed by atoms with Crippen LogP contribution in [-0.4, -0.2) is 23.4 Å². The lowest BCUT2D eigenvalue weighted by molar-refractivity contribution is -0.384. The third-order valence-corrected chi connectivity index (χ3v) is 4.28. The average Bonchev–Trinajstić information content (AvgIpc) is 2.59. The molecule has 2 rings (SSSR count). The molecule has 0 amide bonds. The number of aldehydes is 1. The van der Waals surface area contributed by atoms with Crippen LogP contribution in [0.1, 0.15) is 19.4 Å². The van der Waals surface area contributed by atoms with Gasteiger partial charge in [0.05, 0.1) is 10.5 Å². The van der Waals surface area contributed by atoms with Crippen LogP contribution in [0.15, 0.2) is 53.4 Å². The first-order valence-corrected chi connectivity index (χ1v) is 8.39. The Bertz CT molecular complexity index is 713. The highest BCUT2D eigenvalue weighted by Gasteiger charge is 2.20. The minimum Gasteiger partial charge on any atom is -0.486 e. The zero-order chi connectivity index (χ0) is 18.3. The van der Waals surface area contributed by atoms with Crippen molar-refractivity contribution in [3.05, 3.63) is 64.2 Å². The minimum atomic E-state index is -0.433. The van der Waals surface area contributed by atoms with E-state index >= 15 is 0 Å². The molecule has 2 aromatic rings. The molecule has 0 aromatic heterocycles. The lowest BCUT2D eigenvalue weighted by atomic mass is 9.99. The van der Waals surface area contributed by atoms with Crippen molar-refractivity contribution in [2.75, 3.05) is 6.61 Å². The van der Waals surface area contributed by atoms with Crippen molar-refractivity contribution < 1.29 is 18.6 Å². The number of rotatable bonds is 9. The molecule has 0 bridgehead atoms. The Hall–Kier alpha value is -2.38. The normalized spacial score (nSPS) is 11.1. The van der Waals surface area contributed by atoms with Crippen molar-refractivity contribution in [1.29, 1.82) is 0 Å². The fraction of sp³-hybridized carbons (Fsp3) is 0.278. The maximum absolute atomic E-state index is 10.7. The SMILES string of the molecule is CC(C)(Cc1ccc(OCC=O)cc1)OSc1ccc([N+](=O)[O-])cc1. The van der Waals surface area contributed by atoms with Gasteiger partial charge in [0.25, 0.3) is 5.69 Å². The van der Waals surface area contributed by atoms with Crippen LogP contribution in [0, 0.1) is 10.1 Å². The molecule has 7 heteroatoms. The van der Waals surface area contributed by atoms with E-state index in [2.05, 4.69) is 0 Å². The van der Waals surface area contributed by atoms with Gasteiger partial charge in [0.1, 0.15) is 12.4 Å². The summed E-state index contributed by atoms with van der Waals surface area (Å²) in [5.74, 6) is 0.648. The van der Waals surface area contributed by atoms with Gasteiger partial charge < -0.3 is 8.92 Å². The van der Waals surface area contributed by atoms with Crippen molar-refractivity contribution in [1.82, 2.24) is 0 Å². The topological polar surface area (TPSA) is 78.7 Å². The first-order valence-electron chi connectivity index (χ1n) is 7.65. The molecule has 0 heterocycles. The molecule has 6 nitrogen and oxygen atoms in total. The minimum absolute atomic E-state index is 0.0415. The smallest absolute Gasteiger partial charge is 0.269 e. The van der Waals surface area contributed by atoms with Gasteiger partial charge in [-0.05, 0) is 43.7 Å². The Labute approximate surface area is 150 Å². The number of carbonyl (C=O) groups is 1. The molecule has 0 N–H and O–H groups in total. The van der Waals surface area contributed by atoms with Crippen LogP contribution in [0.25, 0.3) is 0 Å². The van der Waals surface area contributed by atoms with Crippen molar-refractivity contribution in [3.8, 4) is 5.75 Å². The van der Waals surface area contributed by atoms with Crippen LogP contribution in [-0.2, 0) is 15.4 Å². The number of hydrogen-bond acceptors (Lipinski definition) is 6. The van der Waals surface area contributed by atoms with Crippen molar-refractivity contribution in [2.45, 2.75) is 30.8 Å². The highest BCUT2D eigenvalue weighted by Crippen LogP contribution is 2.29. The lowest BCUT2D eigenvalue weighted by Crippen LogP contribution is -2.24. The lowest BCUT2D eigenvalue weighted by Gasteiger charge is -2.24. The molecule has 0 aliphatic rings. The van der Waals surface area contributed by atoms with Crippen LogP contribution in [0.3, 0.4) is 0 Å². The number of ether oxygens (including phenoxy) is 1. The van der Waals surface area contributed by atoms with Crippen LogP contribution < -0.4 is 4.74 Å². The van der Waals surface area contributed by atoms with Gasteiger partial charge in [-0.3, -0.25) is 14.9 Å². The van der Waals surface area contributed by atoms with E-state index in [-0.39, 0.29) is 12.3 Å². The summed E-state index contributed by atoms with van der Waals surface area (Å²) in [6.45, 7) is 3.99. The molecule has 0 saturated carbocycles. The second-order valence-electron chi connectivity index (χ2n) is 5.98. The van der Waals surface area contributed by atoms with Crippen LogP contribution in [0.2, 0.25) is 0 Å². The summed E-state index contributed by atoms with van der Waals surface area (Å²) in [6.07, 6.45) is 1.39. The predicted molar refractivity (Wildman–Crippen MR) is 95.8 cm³/mol. The van der Waals surface area contributed by atoms with E-state index in [1.54, 1.807) is 12.1 Å². The Balaban J connectivity index is 1.90. The summed E-state index contributed by atoms with van der Waals surface area (Å²) in [5.41, 5.74) is 0.700. The second-order valence-corrected chi connectivity index (χ2v) is 6.78. The third kappa shape index (κ3) is 6.21. The summed E-state index contributed by atoms with van der Waals surface area (Å²) in [5, 5.41) is 10.7. The molecule has 0 fully saturated rings. The van der Waals surface area contributed by atoms with E-state index in [0.717, 1.165) is 10.5 Å². The third-order valence-electron chi connectivity index (χ3n) is 3.28. The van der Waals surface area contributed by atoms with Gasteiger partial charge in [0, 0.05) is 35.5 Å². The molecule has 132 valence electrons. The number of benzene rings is 2. The predicted octanol–water partition coefficient (Wildman–Crippen LogP) is 4.22. The standard InChI is InChI=1S/C18H19NO5S/c1-18(2,13-14-3-7-16(8-4-14)23-12-11-20)24-25-17-9-5-15(6-10-17)19(21)22/h3-11H,12-13H2,1-2H3. The molecule has 0 spiro atoms. The van der Waals surface area contributed by atoms with Gasteiger partial charge in [-0.2, -0.15) is 0 Å². The quantitative estimate of drug-likeness (QED) is 0.288. The highest BCUT2D eigenvalue weighted by molar-refractivity contribution is 7.94. The Morgan fingerprint density at radius 2 is 1.76 bits per heavy atom. The first-order chi connectivity index (χ1) is 11.9. The monoisotopic (exact) mass is 361 g/mol. The summed E-state index contributed by atoms with van der Waals surface area (Å²) in [7, 11) is 0. The molecule has 0 saturated heterocycles. The maximum atomic E-state index is 10.7. The van der Waals surface area contributed by atoms with Gasteiger partial charge in [0.15, 0.2) is 6.29 Å². The van der Waals surface area contributed by atoms with Crippen LogP contribution in [0.4, 0.5) is 5.69 Å². The van der Waals surface area contributed by atoms with Gasteiger partial charge in [0.2, 0.25) is 0 Å². The Morgan fingerprint density at radius 3 is 2.32 bits per heavy atom. The maximum Gasteiger partial charge on any atom is 0.269 e. The second kappa shape index (κ2) is 8.64. The Kier molecular flexibility index (Phi) is 6.55. The summed E-state index contributed by atoms with van der Waals surface area (Å²) in [6, 6.07) is 13.7. The number of non-ortho nitro benzene ring substituents is 1. The number of carbonyl (C=O) groups excluding carboxylic acids is 1. The molecular formula is C18H19NO5S. The molecular weight excluding hydrogens is 342 g/mol. The summed E-state index contributed by atoms with van der Waals surface area (Å²) < 4.78 is 11.1. The van der Waals surface area contributed by atoms with E-state index in [1.165, 1.54) is 24.2 Å². The molecule has 25 heavy (non-hydrogen) atoms. The van der Waals surface area contributed by atoms with E-state index in [9.17, 15) is 14.9 Å². The summed E-state index contributed by atoms with van der Waals surface area (Å²) >= 11 is 1.20. The van der Waals surface area contributed by atoms with Crippen molar-refractivity contribution in [3.63, 3.8) is 0 Å². The number of hydrogen-bond donors (Lipinski definition) is 0. The molecule has 0 radical (unpaired) electrons. The van der Waals surface area contributed by atoms with E-state index in [4.69, 9.17) is 8.92 Å². The van der Waals surface area contributed by atoms with Crippen molar-refractivity contribution in [2.24, 2.45) is 0 Å². The van der Waals surface area contributed by atoms with Gasteiger partial charge in [-0.25, -0.2) is 0 Å². The van der Waals surface area contributed by atoms with E-state index in [0.29, 0.717) is 18.5 Å². The number of nitro benzene ring substituents is 1. The molecule has 0 unspecified atom stereocenters. The zero-order valence-corrected chi connectivity index (χ0v) is 14.8. The van der Waals surface area contributed by atoms with Gasteiger partial charge >= 0.3 is 0 Å².